The van der Waals surface area contributed by atoms with Crippen LogP contribution in [0.4, 0.5) is 11.8 Å². The first-order valence-corrected chi connectivity index (χ1v) is 12.1. The third-order valence-electron chi connectivity index (χ3n) is 6.20. The van der Waals surface area contributed by atoms with E-state index in [1.54, 1.807) is 14.2 Å². The molecule has 0 aliphatic heterocycles. The number of benzene rings is 2. The third kappa shape index (κ3) is 5.50. The fourth-order valence-corrected chi connectivity index (χ4v) is 4.84. The van der Waals surface area contributed by atoms with E-state index >= 15 is 0 Å². The lowest BCUT2D eigenvalue weighted by Crippen LogP contribution is -2.37. The van der Waals surface area contributed by atoms with Crippen LogP contribution in [0.25, 0.3) is 10.9 Å². The van der Waals surface area contributed by atoms with Gasteiger partial charge in [0.15, 0.2) is 11.5 Å². The van der Waals surface area contributed by atoms with E-state index in [2.05, 4.69) is 32.6 Å². The molecule has 33 heavy (non-hydrogen) atoms. The van der Waals surface area contributed by atoms with Crippen molar-refractivity contribution in [2.75, 3.05) is 38.5 Å². The number of nitrogens with one attached hydrogen (secondary N) is 2. The van der Waals surface area contributed by atoms with Crippen LogP contribution >= 0.6 is 15.9 Å². The number of hydrogen-bond donors (Lipinski definition) is 2. The molecule has 0 saturated heterocycles. The molecule has 1 fully saturated rings. The lowest BCUT2D eigenvalue weighted by atomic mass is 9.91. The highest BCUT2D eigenvalue weighted by molar-refractivity contribution is 9.10. The topological polar surface area (TPSA) is 71.5 Å². The molecule has 2 aromatic carbocycles. The Bertz CT molecular complexity index is 1100. The number of para-hydroxylation sites is 1. The van der Waals surface area contributed by atoms with E-state index in [4.69, 9.17) is 19.4 Å². The number of rotatable bonds is 8. The Morgan fingerprint density at radius 1 is 0.970 bits per heavy atom. The highest BCUT2D eigenvalue weighted by Gasteiger charge is 2.22. The largest absolute Gasteiger partial charge is 0.493 e. The van der Waals surface area contributed by atoms with E-state index in [1.165, 1.54) is 0 Å². The molecule has 4 rings (SSSR count). The number of anilines is 2. The third-order valence-corrected chi connectivity index (χ3v) is 6.94. The minimum Gasteiger partial charge on any atom is -0.493 e. The van der Waals surface area contributed by atoms with Gasteiger partial charge < -0.3 is 25.0 Å². The first kappa shape index (κ1) is 23.6. The van der Waals surface area contributed by atoms with Crippen molar-refractivity contribution in [2.24, 2.45) is 0 Å². The van der Waals surface area contributed by atoms with Crippen LogP contribution in [0.5, 0.6) is 11.5 Å². The van der Waals surface area contributed by atoms with Crippen molar-refractivity contribution >= 4 is 38.6 Å². The van der Waals surface area contributed by atoms with Crippen molar-refractivity contribution in [2.45, 2.75) is 44.3 Å². The van der Waals surface area contributed by atoms with Crippen LogP contribution in [-0.2, 0) is 6.54 Å². The van der Waals surface area contributed by atoms with Gasteiger partial charge in [0.1, 0.15) is 5.82 Å². The van der Waals surface area contributed by atoms with Gasteiger partial charge in [-0.25, -0.2) is 4.98 Å². The Hall–Kier alpha value is -2.58. The molecule has 1 aliphatic carbocycles. The average molecular weight is 514 g/mol. The first-order valence-electron chi connectivity index (χ1n) is 11.3. The summed E-state index contributed by atoms with van der Waals surface area (Å²) in [6, 6.07) is 13.0. The molecule has 1 aromatic heterocycles. The van der Waals surface area contributed by atoms with Gasteiger partial charge in [-0.15, -0.1) is 0 Å². The van der Waals surface area contributed by atoms with Gasteiger partial charge in [-0.1, -0.05) is 28.1 Å². The SMILES string of the molecule is COc1cc(Br)c(CN[C@H]2CC[C@@H](Nc3nc(N(C)C)c4ccccc4n3)CC2)cc1OC. The fraction of sp³-hybridized carbons (Fsp3) is 0.440. The minimum atomic E-state index is 0.382. The van der Waals surface area contributed by atoms with E-state index in [-0.39, 0.29) is 0 Å². The predicted octanol–water partition coefficient (Wildman–Crippen LogP) is 4.99. The highest BCUT2D eigenvalue weighted by Crippen LogP contribution is 2.33. The van der Waals surface area contributed by atoms with E-state index in [0.29, 0.717) is 18.0 Å². The molecule has 1 saturated carbocycles. The Kier molecular flexibility index (Phi) is 7.55. The standard InChI is InChI=1S/C25H32BrN5O2/c1-31(2)24-19-7-5-6-8-21(19)29-25(30-24)28-18-11-9-17(10-12-18)27-15-16-13-22(32-3)23(33-4)14-20(16)26/h5-8,13-14,17-18,27H,9-12,15H2,1-4H3,(H,28,29,30)/t17-,18+. The van der Waals surface area contributed by atoms with Gasteiger partial charge in [-0.2, -0.15) is 4.98 Å². The van der Waals surface area contributed by atoms with Crippen molar-refractivity contribution in [3.8, 4) is 11.5 Å². The predicted molar refractivity (Wildman–Crippen MR) is 138 cm³/mol. The Labute approximate surface area is 204 Å². The molecule has 0 radical (unpaired) electrons. The average Bonchev–Trinajstić information content (AvgIpc) is 2.83. The summed E-state index contributed by atoms with van der Waals surface area (Å²) < 4.78 is 11.8. The summed E-state index contributed by atoms with van der Waals surface area (Å²) in [6.07, 6.45) is 4.38. The van der Waals surface area contributed by atoms with Gasteiger partial charge in [-0.05, 0) is 55.5 Å². The molecule has 8 heteroatoms. The molecule has 1 heterocycles. The lowest BCUT2D eigenvalue weighted by molar-refractivity contribution is 0.347. The maximum atomic E-state index is 5.45. The minimum absolute atomic E-state index is 0.382. The summed E-state index contributed by atoms with van der Waals surface area (Å²) in [4.78, 5) is 11.6. The van der Waals surface area contributed by atoms with Crippen molar-refractivity contribution in [1.29, 1.82) is 0 Å². The van der Waals surface area contributed by atoms with Gasteiger partial charge in [-0.3, -0.25) is 0 Å². The van der Waals surface area contributed by atoms with Crippen molar-refractivity contribution in [1.82, 2.24) is 15.3 Å². The number of ether oxygens (including phenoxy) is 2. The van der Waals surface area contributed by atoms with Crippen LogP contribution in [-0.4, -0.2) is 50.4 Å². The zero-order valence-corrected chi connectivity index (χ0v) is 21.3. The first-order chi connectivity index (χ1) is 16.0. The normalized spacial score (nSPS) is 18.2. The van der Waals surface area contributed by atoms with Crippen molar-refractivity contribution < 1.29 is 9.47 Å². The molecule has 0 unspecified atom stereocenters. The van der Waals surface area contributed by atoms with Gasteiger partial charge in [0, 0.05) is 42.6 Å². The molecule has 176 valence electrons. The van der Waals surface area contributed by atoms with Crippen LogP contribution in [0.1, 0.15) is 31.2 Å². The van der Waals surface area contributed by atoms with E-state index in [1.807, 2.05) is 49.3 Å². The van der Waals surface area contributed by atoms with Crippen LogP contribution in [0.3, 0.4) is 0 Å². The molecule has 2 N–H and O–H groups in total. The van der Waals surface area contributed by atoms with Gasteiger partial charge in [0.2, 0.25) is 5.95 Å². The second-order valence-electron chi connectivity index (χ2n) is 8.65. The summed E-state index contributed by atoms with van der Waals surface area (Å²) in [5.41, 5.74) is 2.13. The van der Waals surface area contributed by atoms with Crippen molar-refractivity contribution in [3.63, 3.8) is 0 Å². The lowest BCUT2D eigenvalue weighted by Gasteiger charge is -2.30. The monoisotopic (exact) mass is 513 g/mol. The molecule has 0 amide bonds. The summed E-state index contributed by atoms with van der Waals surface area (Å²) in [5.74, 6) is 3.13. The number of methoxy groups -OCH3 is 2. The van der Waals surface area contributed by atoms with Crippen LogP contribution in [0.2, 0.25) is 0 Å². The van der Waals surface area contributed by atoms with Crippen LogP contribution in [0, 0.1) is 0 Å². The zero-order valence-electron chi connectivity index (χ0n) is 19.7. The smallest absolute Gasteiger partial charge is 0.225 e. The second-order valence-corrected chi connectivity index (χ2v) is 9.51. The van der Waals surface area contributed by atoms with E-state index in [9.17, 15) is 0 Å². The molecule has 1 aliphatic rings. The Balaban J connectivity index is 1.34. The number of nitrogens with zero attached hydrogens (tertiary/aromatic N) is 3. The summed E-state index contributed by atoms with van der Waals surface area (Å²) >= 11 is 3.65. The molecule has 7 nitrogen and oxygen atoms in total. The maximum absolute atomic E-state index is 5.45. The molecular weight excluding hydrogens is 482 g/mol. The number of aromatic nitrogens is 2. The molecule has 0 bridgehead atoms. The van der Waals surface area contributed by atoms with E-state index < -0.39 is 0 Å². The van der Waals surface area contributed by atoms with Gasteiger partial charge in [0.25, 0.3) is 0 Å². The van der Waals surface area contributed by atoms with Crippen LogP contribution in [0.15, 0.2) is 40.9 Å². The molecule has 0 spiro atoms. The summed E-state index contributed by atoms with van der Waals surface area (Å²) in [5, 5.41) is 8.36. The molecular formula is C25H32BrN5O2. The zero-order chi connectivity index (χ0) is 23.4. The number of halogens is 1. The Morgan fingerprint density at radius 2 is 1.64 bits per heavy atom. The fourth-order valence-electron chi connectivity index (χ4n) is 4.38. The molecule has 3 aromatic rings. The Morgan fingerprint density at radius 3 is 2.33 bits per heavy atom. The van der Waals surface area contributed by atoms with Gasteiger partial charge in [0.05, 0.1) is 19.7 Å². The quantitative estimate of drug-likeness (QED) is 0.439. The van der Waals surface area contributed by atoms with Crippen LogP contribution < -0.4 is 25.0 Å². The molecule has 0 atom stereocenters. The number of fused-ring (bicyclic) bond motifs is 1. The summed E-state index contributed by atoms with van der Waals surface area (Å²) in [7, 11) is 7.36. The maximum Gasteiger partial charge on any atom is 0.225 e. The highest BCUT2D eigenvalue weighted by atomic mass is 79.9. The van der Waals surface area contributed by atoms with Gasteiger partial charge >= 0.3 is 0 Å². The number of hydrogen-bond acceptors (Lipinski definition) is 7. The van der Waals surface area contributed by atoms with E-state index in [0.717, 1.165) is 70.5 Å². The van der Waals surface area contributed by atoms with Crippen molar-refractivity contribution in [3.05, 3.63) is 46.4 Å². The second kappa shape index (κ2) is 10.6. The summed E-state index contributed by atoms with van der Waals surface area (Å²) in [6.45, 7) is 0.781.